The van der Waals surface area contributed by atoms with E-state index < -0.39 is 11.7 Å². The number of pyridine rings is 1. The number of carbonyl (C=O) groups is 1. The molecule has 0 aliphatic carbocycles. The number of aromatic nitrogens is 1. The molecule has 1 atom stereocenters. The zero-order valence-electron chi connectivity index (χ0n) is 10.7. The number of carbonyl (C=O) groups excluding carboxylic acids is 1. The summed E-state index contributed by atoms with van der Waals surface area (Å²) in [6.07, 6.45) is 1.32. The van der Waals surface area contributed by atoms with E-state index in [1.54, 1.807) is 0 Å². The van der Waals surface area contributed by atoms with Gasteiger partial charge in [-0.05, 0) is 27.1 Å². The van der Waals surface area contributed by atoms with Gasteiger partial charge in [0.15, 0.2) is 11.6 Å². The minimum Gasteiger partial charge on any atom is -0.348 e. The van der Waals surface area contributed by atoms with Crippen LogP contribution in [0.25, 0.3) is 0 Å². The molecule has 1 amide bonds. The number of hydrogen-bond acceptors (Lipinski definition) is 5. The second-order valence-corrected chi connectivity index (χ2v) is 4.30. The molecule has 1 aromatic heterocycles. The summed E-state index contributed by atoms with van der Waals surface area (Å²) in [6, 6.07) is 1.22. The largest absolute Gasteiger partial charge is 0.348 e. The molecular formula is C11H18FN5O. The molecule has 6 nitrogen and oxygen atoms in total. The van der Waals surface area contributed by atoms with Crippen LogP contribution in [0.3, 0.4) is 0 Å². The number of halogens is 1. The maximum Gasteiger partial charge on any atom is 0.254 e. The highest BCUT2D eigenvalue weighted by molar-refractivity contribution is 5.95. The van der Waals surface area contributed by atoms with E-state index in [1.807, 2.05) is 25.9 Å². The van der Waals surface area contributed by atoms with Gasteiger partial charge in [0.05, 0.1) is 5.56 Å². The Morgan fingerprint density at radius 3 is 2.83 bits per heavy atom. The molecule has 0 aromatic carbocycles. The number of hydrogen-bond donors (Lipinski definition) is 3. The summed E-state index contributed by atoms with van der Waals surface area (Å²) in [5.41, 5.74) is 2.02. The second kappa shape index (κ2) is 6.27. The predicted molar refractivity (Wildman–Crippen MR) is 67.5 cm³/mol. The van der Waals surface area contributed by atoms with Crippen molar-refractivity contribution in [3.8, 4) is 0 Å². The van der Waals surface area contributed by atoms with Crippen molar-refractivity contribution >= 4 is 11.7 Å². The molecule has 1 rings (SSSR count). The van der Waals surface area contributed by atoms with E-state index >= 15 is 0 Å². The summed E-state index contributed by atoms with van der Waals surface area (Å²) in [4.78, 5) is 17.5. The Bertz CT molecular complexity index is 424. The molecule has 0 fully saturated rings. The van der Waals surface area contributed by atoms with Crippen LogP contribution in [-0.4, -0.2) is 42.5 Å². The number of hydrazine groups is 1. The number of nitrogens with two attached hydrogens (primary N) is 1. The molecular weight excluding hydrogens is 237 g/mol. The van der Waals surface area contributed by atoms with E-state index in [0.717, 1.165) is 0 Å². The highest BCUT2D eigenvalue weighted by Gasteiger charge is 2.17. The Balaban J connectivity index is 2.78. The fraction of sp³-hybridized carbons (Fsp3) is 0.455. The second-order valence-electron chi connectivity index (χ2n) is 4.30. The van der Waals surface area contributed by atoms with Crippen molar-refractivity contribution in [1.29, 1.82) is 0 Å². The van der Waals surface area contributed by atoms with Crippen LogP contribution in [0, 0.1) is 5.82 Å². The van der Waals surface area contributed by atoms with Crippen molar-refractivity contribution in [3.63, 3.8) is 0 Å². The molecule has 1 heterocycles. The normalized spacial score (nSPS) is 12.3. The Morgan fingerprint density at radius 1 is 1.61 bits per heavy atom. The lowest BCUT2D eigenvalue weighted by Gasteiger charge is -2.18. The highest BCUT2D eigenvalue weighted by atomic mass is 19.1. The van der Waals surface area contributed by atoms with E-state index in [0.29, 0.717) is 6.54 Å². The topological polar surface area (TPSA) is 83.3 Å². The van der Waals surface area contributed by atoms with Gasteiger partial charge in [-0.1, -0.05) is 0 Å². The first-order valence-electron chi connectivity index (χ1n) is 5.52. The van der Waals surface area contributed by atoms with E-state index in [2.05, 4.69) is 15.7 Å². The molecule has 0 spiro atoms. The van der Waals surface area contributed by atoms with Gasteiger partial charge in [0, 0.05) is 18.8 Å². The Morgan fingerprint density at radius 2 is 2.28 bits per heavy atom. The SMILES string of the molecule is CC(CN(C)C)NC(=O)c1ccnc(NN)c1F. The lowest BCUT2D eigenvalue weighted by Crippen LogP contribution is -2.40. The van der Waals surface area contributed by atoms with Gasteiger partial charge in [-0.3, -0.25) is 4.79 Å². The van der Waals surface area contributed by atoms with E-state index in [-0.39, 0.29) is 17.4 Å². The smallest absolute Gasteiger partial charge is 0.254 e. The van der Waals surface area contributed by atoms with Gasteiger partial charge in [0.1, 0.15) is 0 Å². The molecule has 4 N–H and O–H groups in total. The van der Waals surface area contributed by atoms with Crippen LogP contribution in [0.4, 0.5) is 10.2 Å². The molecule has 0 saturated carbocycles. The number of anilines is 1. The standard InChI is InChI=1S/C11H18FN5O/c1-7(6-17(2)3)15-11(18)8-4-5-14-10(16-13)9(8)12/h4-5,7H,6,13H2,1-3H3,(H,14,16)(H,15,18). The summed E-state index contributed by atoms with van der Waals surface area (Å²) in [7, 11) is 3.79. The summed E-state index contributed by atoms with van der Waals surface area (Å²) in [6.45, 7) is 2.51. The first-order valence-corrected chi connectivity index (χ1v) is 5.52. The Kier molecular flexibility index (Phi) is 4.99. The van der Waals surface area contributed by atoms with Crippen molar-refractivity contribution < 1.29 is 9.18 Å². The molecule has 0 aliphatic rings. The lowest BCUT2D eigenvalue weighted by atomic mass is 10.2. The predicted octanol–water partition coefficient (Wildman–Crippen LogP) is 0.186. The number of likely N-dealkylation sites (N-methyl/N-ethyl adjacent to an activating group) is 1. The first kappa shape index (κ1) is 14.3. The molecule has 0 radical (unpaired) electrons. The molecule has 7 heteroatoms. The van der Waals surface area contributed by atoms with Crippen LogP contribution in [0.5, 0.6) is 0 Å². The van der Waals surface area contributed by atoms with Crippen molar-refractivity contribution in [2.45, 2.75) is 13.0 Å². The molecule has 0 aliphatic heterocycles. The number of nitrogen functional groups attached to an aromatic ring is 1. The fourth-order valence-corrected chi connectivity index (χ4v) is 1.61. The molecule has 0 saturated heterocycles. The maximum atomic E-state index is 13.8. The van der Waals surface area contributed by atoms with Gasteiger partial charge in [-0.15, -0.1) is 0 Å². The molecule has 1 unspecified atom stereocenters. The summed E-state index contributed by atoms with van der Waals surface area (Å²) < 4.78 is 13.8. The summed E-state index contributed by atoms with van der Waals surface area (Å²) in [5.74, 6) is 3.71. The van der Waals surface area contributed by atoms with E-state index in [4.69, 9.17) is 5.84 Å². The summed E-state index contributed by atoms with van der Waals surface area (Å²) >= 11 is 0. The van der Waals surface area contributed by atoms with E-state index in [1.165, 1.54) is 12.3 Å². The molecule has 1 aromatic rings. The maximum absolute atomic E-state index is 13.8. The zero-order valence-corrected chi connectivity index (χ0v) is 10.7. The number of nitrogens with zero attached hydrogens (tertiary/aromatic N) is 2. The van der Waals surface area contributed by atoms with Crippen LogP contribution in [0.15, 0.2) is 12.3 Å². The third kappa shape index (κ3) is 3.64. The number of rotatable bonds is 5. The van der Waals surface area contributed by atoms with Crippen LogP contribution < -0.4 is 16.6 Å². The van der Waals surface area contributed by atoms with Gasteiger partial charge < -0.3 is 15.6 Å². The van der Waals surface area contributed by atoms with Crippen LogP contribution in [0.1, 0.15) is 17.3 Å². The van der Waals surface area contributed by atoms with Crippen LogP contribution in [-0.2, 0) is 0 Å². The number of nitrogens with one attached hydrogen (secondary N) is 2. The molecule has 100 valence electrons. The fourth-order valence-electron chi connectivity index (χ4n) is 1.61. The lowest BCUT2D eigenvalue weighted by molar-refractivity contribution is 0.0930. The third-order valence-electron chi connectivity index (χ3n) is 2.29. The molecule has 18 heavy (non-hydrogen) atoms. The van der Waals surface area contributed by atoms with Gasteiger partial charge in [0.2, 0.25) is 0 Å². The quantitative estimate of drug-likeness (QED) is 0.516. The molecule has 0 bridgehead atoms. The van der Waals surface area contributed by atoms with Crippen molar-refractivity contribution in [1.82, 2.24) is 15.2 Å². The minimum absolute atomic E-state index is 0.0800. The summed E-state index contributed by atoms with van der Waals surface area (Å²) in [5, 5.41) is 2.70. The van der Waals surface area contributed by atoms with Crippen molar-refractivity contribution in [3.05, 3.63) is 23.6 Å². The Labute approximate surface area is 105 Å². The van der Waals surface area contributed by atoms with Crippen molar-refractivity contribution in [2.75, 3.05) is 26.1 Å². The van der Waals surface area contributed by atoms with Gasteiger partial charge in [0.25, 0.3) is 5.91 Å². The Hall–Kier alpha value is -1.73. The van der Waals surface area contributed by atoms with Crippen molar-refractivity contribution in [2.24, 2.45) is 5.84 Å². The van der Waals surface area contributed by atoms with Crippen LogP contribution in [0.2, 0.25) is 0 Å². The zero-order chi connectivity index (χ0) is 13.7. The first-order chi connectivity index (χ1) is 8.45. The highest BCUT2D eigenvalue weighted by Crippen LogP contribution is 2.13. The van der Waals surface area contributed by atoms with Gasteiger partial charge in [-0.2, -0.15) is 0 Å². The number of amides is 1. The average molecular weight is 255 g/mol. The van der Waals surface area contributed by atoms with Gasteiger partial charge >= 0.3 is 0 Å². The van der Waals surface area contributed by atoms with Crippen LogP contribution >= 0.6 is 0 Å². The monoisotopic (exact) mass is 255 g/mol. The third-order valence-corrected chi connectivity index (χ3v) is 2.29. The van der Waals surface area contributed by atoms with Gasteiger partial charge in [-0.25, -0.2) is 15.2 Å². The minimum atomic E-state index is -0.755. The average Bonchev–Trinajstić information content (AvgIpc) is 2.27. The van der Waals surface area contributed by atoms with E-state index in [9.17, 15) is 9.18 Å².